The highest BCUT2D eigenvalue weighted by Gasteiger charge is 2.12. The zero-order valence-corrected chi connectivity index (χ0v) is 12.3. The van der Waals surface area contributed by atoms with Gasteiger partial charge in [-0.2, -0.15) is 0 Å². The maximum Gasteiger partial charge on any atom is 0.411 e. The average molecular weight is 330 g/mol. The van der Waals surface area contributed by atoms with Crippen LogP contribution < -0.4 is 11.1 Å². The van der Waals surface area contributed by atoms with E-state index >= 15 is 0 Å². The topological polar surface area (TPSA) is 96.9 Å². The third-order valence-corrected chi connectivity index (χ3v) is 2.64. The van der Waals surface area contributed by atoms with E-state index in [1.165, 1.54) is 0 Å². The van der Waals surface area contributed by atoms with Crippen molar-refractivity contribution in [3.8, 4) is 0 Å². The number of hydrogen-bond acceptors (Lipinski definition) is 4. The molecule has 0 radical (unpaired) electrons. The van der Waals surface area contributed by atoms with Gasteiger partial charge in [0.2, 0.25) is 0 Å². The minimum atomic E-state index is -0.581. The second-order valence-electron chi connectivity index (χ2n) is 4.29. The molecule has 19 heavy (non-hydrogen) atoms. The maximum absolute atomic E-state index is 11.6. The van der Waals surface area contributed by atoms with E-state index in [1.54, 1.807) is 18.2 Å². The smallest absolute Gasteiger partial charge is 0.411 e. The van der Waals surface area contributed by atoms with Gasteiger partial charge in [-0.3, -0.25) is 5.32 Å². The average Bonchev–Trinajstić information content (AvgIpc) is 2.37. The summed E-state index contributed by atoms with van der Waals surface area (Å²) in [6.45, 7) is 4.20. The van der Waals surface area contributed by atoms with Crippen LogP contribution in [0.5, 0.6) is 0 Å². The molecule has 4 N–H and O–H groups in total. The fourth-order valence-electron chi connectivity index (χ4n) is 1.28. The Balaban J connectivity index is 2.86. The van der Waals surface area contributed by atoms with Crippen molar-refractivity contribution in [1.82, 2.24) is 0 Å². The molecule has 1 amide bonds. The van der Waals surface area contributed by atoms with Crippen molar-refractivity contribution in [2.45, 2.75) is 13.8 Å². The van der Waals surface area contributed by atoms with Gasteiger partial charge in [-0.1, -0.05) is 34.9 Å². The number of nitrogens with two attached hydrogens (primary N) is 1. The standard InChI is InChI=1S/C12H16BrN3O3/c1-7(2)6-19-12(17)15-10-4-3-8(13)5-9(10)11(14)16-18/h3-5,7,18H,6H2,1-2H3,(H2,14,16)(H,15,17). The summed E-state index contributed by atoms with van der Waals surface area (Å²) in [5.74, 6) is 0.152. The van der Waals surface area contributed by atoms with Crippen molar-refractivity contribution in [3.05, 3.63) is 28.2 Å². The van der Waals surface area contributed by atoms with Gasteiger partial charge in [0.1, 0.15) is 0 Å². The lowest BCUT2D eigenvalue weighted by Gasteiger charge is -2.12. The maximum atomic E-state index is 11.6. The van der Waals surface area contributed by atoms with Crippen LogP contribution >= 0.6 is 15.9 Å². The van der Waals surface area contributed by atoms with Gasteiger partial charge in [0, 0.05) is 10.0 Å². The van der Waals surface area contributed by atoms with E-state index in [0.717, 1.165) is 4.47 Å². The van der Waals surface area contributed by atoms with E-state index in [1.807, 2.05) is 13.8 Å². The van der Waals surface area contributed by atoms with Crippen LogP contribution in [0, 0.1) is 5.92 Å². The van der Waals surface area contributed by atoms with E-state index in [9.17, 15) is 4.79 Å². The number of ether oxygens (including phenoxy) is 1. The molecular weight excluding hydrogens is 314 g/mol. The monoisotopic (exact) mass is 329 g/mol. The van der Waals surface area contributed by atoms with Gasteiger partial charge in [-0.05, 0) is 24.1 Å². The molecule has 1 rings (SSSR count). The first-order valence-electron chi connectivity index (χ1n) is 5.65. The van der Waals surface area contributed by atoms with Crippen molar-refractivity contribution < 1.29 is 14.7 Å². The van der Waals surface area contributed by atoms with Crippen LogP contribution in [0.1, 0.15) is 19.4 Å². The number of benzene rings is 1. The fraction of sp³-hybridized carbons (Fsp3) is 0.333. The number of nitrogens with zero attached hydrogens (tertiary/aromatic N) is 1. The number of amidine groups is 1. The highest BCUT2D eigenvalue weighted by Crippen LogP contribution is 2.21. The van der Waals surface area contributed by atoms with Crippen molar-refractivity contribution >= 4 is 33.5 Å². The summed E-state index contributed by atoms with van der Waals surface area (Å²) in [6, 6.07) is 4.99. The number of hydrogen-bond donors (Lipinski definition) is 3. The number of nitrogens with one attached hydrogen (secondary N) is 1. The van der Waals surface area contributed by atoms with Gasteiger partial charge >= 0.3 is 6.09 Å². The van der Waals surface area contributed by atoms with Gasteiger partial charge in [-0.25, -0.2) is 4.79 Å². The van der Waals surface area contributed by atoms with Crippen molar-refractivity contribution in [2.75, 3.05) is 11.9 Å². The molecule has 0 unspecified atom stereocenters. The van der Waals surface area contributed by atoms with Gasteiger partial charge in [0.25, 0.3) is 0 Å². The SMILES string of the molecule is CC(C)COC(=O)Nc1ccc(Br)cc1/C(N)=N/O. The molecule has 0 aliphatic carbocycles. The Hall–Kier alpha value is -1.76. The number of carbonyl (C=O) groups is 1. The number of oxime groups is 1. The predicted octanol–water partition coefficient (Wildman–Crippen LogP) is 2.75. The van der Waals surface area contributed by atoms with E-state index < -0.39 is 6.09 Å². The van der Waals surface area contributed by atoms with Crippen LogP contribution in [0.25, 0.3) is 0 Å². The molecule has 0 saturated heterocycles. The van der Waals surface area contributed by atoms with E-state index in [0.29, 0.717) is 17.9 Å². The lowest BCUT2D eigenvalue weighted by Crippen LogP contribution is -2.21. The van der Waals surface area contributed by atoms with Gasteiger partial charge < -0.3 is 15.7 Å². The first kappa shape index (κ1) is 15.3. The van der Waals surface area contributed by atoms with E-state index in [4.69, 9.17) is 15.7 Å². The Morgan fingerprint density at radius 3 is 2.84 bits per heavy atom. The third kappa shape index (κ3) is 4.78. The molecule has 0 spiro atoms. The third-order valence-electron chi connectivity index (χ3n) is 2.15. The van der Waals surface area contributed by atoms with E-state index in [2.05, 4.69) is 26.4 Å². The van der Waals surface area contributed by atoms with Crippen LogP contribution in [0.4, 0.5) is 10.5 Å². The Labute approximate surface area is 119 Å². The van der Waals surface area contributed by atoms with Crippen molar-refractivity contribution in [2.24, 2.45) is 16.8 Å². The summed E-state index contributed by atoms with van der Waals surface area (Å²) in [6.07, 6.45) is -0.581. The van der Waals surface area contributed by atoms with Crippen molar-refractivity contribution in [3.63, 3.8) is 0 Å². The largest absolute Gasteiger partial charge is 0.449 e. The molecule has 0 fully saturated rings. The molecule has 0 bridgehead atoms. The van der Waals surface area contributed by atoms with Crippen LogP contribution in [-0.4, -0.2) is 23.7 Å². The highest BCUT2D eigenvalue weighted by atomic mass is 79.9. The second kappa shape index (κ2) is 6.98. The Bertz CT molecular complexity index is 489. The predicted molar refractivity (Wildman–Crippen MR) is 76.5 cm³/mol. The molecule has 0 aliphatic rings. The molecular formula is C12H16BrN3O3. The quantitative estimate of drug-likeness (QED) is 0.342. The molecule has 6 nitrogen and oxygen atoms in total. The van der Waals surface area contributed by atoms with Gasteiger partial charge in [-0.15, -0.1) is 0 Å². The highest BCUT2D eigenvalue weighted by molar-refractivity contribution is 9.10. The summed E-state index contributed by atoms with van der Waals surface area (Å²) >= 11 is 3.27. The molecule has 7 heteroatoms. The second-order valence-corrected chi connectivity index (χ2v) is 5.21. The first-order valence-corrected chi connectivity index (χ1v) is 6.44. The van der Waals surface area contributed by atoms with Crippen LogP contribution in [0.2, 0.25) is 0 Å². The summed E-state index contributed by atoms with van der Waals surface area (Å²) in [7, 11) is 0. The molecule has 0 heterocycles. The summed E-state index contributed by atoms with van der Waals surface area (Å²) in [5.41, 5.74) is 6.36. The molecule has 0 aliphatic heterocycles. The lowest BCUT2D eigenvalue weighted by atomic mass is 10.1. The number of anilines is 1. The Morgan fingerprint density at radius 2 is 2.26 bits per heavy atom. The minimum absolute atomic E-state index is 0.0968. The lowest BCUT2D eigenvalue weighted by molar-refractivity contribution is 0.147. The van der Waals surface area contributed by atoms with Crippen LogP contribution in [0.15, 0.2) is 27.8 Å². The Kier molecular flexibility index (Phi) is 5.62. The number of carbonyl (C=O) groups excluding carboxylic acids is 1. The molecule has 1 aromatic rings. The first-order chi connectivity index (χ1) is 8.93. The molecule has 0 atom stereocenters. The molecule has 0 saturated carbocycles. The minimum Gasteiger partial charge on any atom is -0.449 e. The fourth-order valence-corrected chi connectivity index (χ4v) is 1.64. The Morgan fingerprint density at radius 1 is 1.58 bits per heavy atom. The van der Waals surface area contributed by atoms with Crippen molar-refractivity contribution in [1.29, 1.82) is 0 Å². The van der Waals surface area contributed by atoms with E-state index in [-0.39, 0.29) is 11.8 Å². The summed E-state index contributed by atoms with van der Waals surface area (Å²) in [5, 5.41) is 14.2. The zero-order valence-electron chi connectivity index (χ0n) is 10.7. The van der Waals surface area contributed by atoms with Gasteiger partial charge in [0.15, 0.2) is 5.84 Å². The number of halogens is 1. The molecule has 104 valence electrons. The number of rotatable bonds is 4. The van der Waals surface area contributed by atoms with Gasteiger partial charge in [0.05, 0.1) is 12.3 Å². The van der Waals surface area contributed by atoms with Crippen LogP contribution in [-0.2, 0) is 4.74 Å². The summed E-state index contributed by atoms with van der Waals surface area (Å²) < 4.78 is 5.75. The normalized spacial score (nSPS) is 11.5. The molecule has 1 aromatic carbocycles. The summed E-state index contributed by atoms with van der Waals surface area (Å²) in [4.78, 5) is 11.6. The molecule has 0 aromatic heterocycles. The zero-order chi connectivity index (χ0) is 14.4. The van der Waals surface area contributed by atoms with Crippen LogP contribution in [0.3, 0.4) is 0 Å². The number of amides is 1.